The molecule has 0 radical (unpaired) electrons. The van der Waals surface area contributed by atoms with Crippen LogP contribution in [-0.2, 0) is 4.79 Å². The molecule has 0 aliphatic carbocycles. The Morgan fingerprint density at radius 3 is 2.81 bits per heavy atom. The molecule has 0 aliphatic heterocycles. The average molecular weight is 333 g/mol. The van der Waals surface area contributed by atoms with Gasteiger partial charge >= 0.3 is 0 Å². The summed E-state index contributed by atoms with van der Waals surface area (Å²) in [6.07, 6.45) is 6.42. The van der Waals surface area contributed by atoms with Crippen molar-refractivity contribution in [3.63, 3.8) is 0 Å². The van der Waals surface area contributed by atoms with Crippen molar-refractivity contribution in [1.82, 2.24) is 10.3 Å². The van der Waals surface area contributed by atoms with Crippen LogP contribution in [0.5, 0.6) is 0 Å². The lowest BCUT2D eigenvalue weighted by atomic mass is 10.2. The molecule has 1 atom stereocenters. The van der Waals surface area contributed by atoms with Crippen LogP contribution < -0.4 is 16.4 Å². The monoisotopic (exact) mass is 332 g/mol. The van der Waals surface area contributed by atoms with Crippen molar-refractivity contribution in [1.29, 1.82) is 0 Å². The SMILES string of the molecule is CSCC[C@H](N)C(=O)NCCCCNc1ccccn1.Cl. The zero-order chi connectivity index (χ0) is 14.6. The molecule has 1 amide bonds. The van der Waals surface area contributed by atoms with E-state index in [1.54, 1.807) is 18.0 Å². The first-order chi connectivity index (χ1) is 9.74. The van der Waals surface area contributed by atoms with E-state index in [-0.39, 0.29) is 24.4 Å². The smallest absolute Gasteiger partial charge is 0.236 e. The summed E-state index contributed by atoms with van der Waals surface area (Å²) in [5, 5.41) is 6.11. The van der Waals surface area contributed by atoms with Crippen LogP contribution in [-0.4, -0.2) is 42.0 Å². The molecular weight excluding hydrogens is 308 g/mol. The van der Waals surface area contributed by atoms with E-state index in [4.69, 9.17) is 5.73 Å². The third-order valence-electron chi connectivity index (χ3n) is 2.84. The number of aromatic nitrogens is 1. The second-order valence-corrected chi connectivity index (χ2v) is 5.51. The molecule has 5 nitrogen and oxygen atoms in total. The predicted molar refractivity (Wildman–Crippen MR) is 93.2 cm³/mol. The summed E-state index contributed by atoms with van der Waals surface area (Å²) < 4.78 is 0. The van der Waals surface area contributed by atoms with E-state index < -0.39 is 0 Å². The first kappa shape index (κ1) is 20.0. The van der Waals surface area contributed by atoms with Crippen molar-refractivity contribution in [2.24, 2.45) is 5.73 Å². The molecule has 1 heterocycles. The lowest BCUT2D eigenvalue weighted by Crippen LogP contribution is -2.41. The normalized spacial score (nSPS) is 11.3. The molecule has 4 N–H and O–H groups in total. The van der Waals surface area contributed by atoms with Crippen LogP contribution >= 0.6 is 24.2 Å². The van der Waals surface area contributed by atoms with Crippen LogP contribution in [0.3, 0.4) is 0 Å². The third kappa shape index (κ3) is 9.55. The number of carbonyl (C=O) groups is 1. The van der Waals surface area contributed by atoms with Crippen molar-refractivity contribution in [2.45, 2.75) is 25.3 Å². The van der Waals surface area contributed by atoms with Crippen LogP contribution in [0.15, 0.2) is 24.4 Å². The van der Waals surface area contributed by atoms with Crippen molar-refractivity contribution in [3.05, 3.63) is 24.4 Å². The van der Waals surface area contributed by atoms with E-state index in [0.717, 1.165) is 37.4 Å². The van der Waals surface area contributed by atoms with Crippen LogP contribution in [0.2, 0.25) is 0 Å². The molecule has 1 aromatic heterocycles. The summed E-state index contributed by atoms with van der Waals surface area (Å²) in [6.45, 7) is 1.53. The van der Waals surface area contributed by atoms with Gasteiger partial charge in [-0.15, -0.1) is 12.4 Å². The second-order valence-electron chi connectivity index (χ2n) is 4.53. The van der Waals surface area contributed by atoms with Gasteiger partial charge in [0, 0.05) is 19.3 Å². The van der Waals surface area contributed by atoms with Crippen molar-refractivity contribution in [3.8, 4) is 0 Å². The first-order valence-corrected chi connectivity index (χ1v) is 8.30. The molecule has 0 unspecified atom stereocenters. The van der Waals surface area contributed by atoms with Crippen molar-refractivity contribution in [2.75, 3.05) is 30.4 Å². The highest BCUT2D eigenvalue weighted by Gasteiger charge is 2.11. The second kappa shape index (κ2) is 12.7. The number of amides is 1. The molecule has 7 heteroatoms. The van der Waals surface area contributed by atoms with Gasteiger partial charge in [-0.25, -0.2) is 4.98 Å². The molecule has 0 aromatic carbocycles. The van der Waals surface area contributed by atoms with Gasteiger partial charge in [0.25, 0.3) is 0 Å². The summed E-state index contributed by atoms with van der Waals surface area (Å²) >= 11 is 1.71. The van der Waals surface area contributed by atoms with Gasteiger partial charge in [0.2, 0.25) is 5.91 Å². The molecule has 0 saturated carbocycles. The van der Waals surface area contributed by atoms with Crippen LogP contribution in [0.1, 0.15) is 19.3 Å². The van der Waals surface area contributed by atoms with E-state index >= 15 is 0 Å². The minimum Gasteiger partial charge on any atom is -0.370 e. The maximum absolute atomic E-state index is 11.6. The van der Waals surface area contributed by atoms with Crippen molar-refractivity contribution < 1.29 is 4.79 Å². The quantitative estimate of drug-likeness (QED) is 0.570. The number of halogens is 1. The van der Waals surface area contributed by atoms with Gasteiger partial charge in [-0.2, -0.15) is 11.8 Å². The number of hydrogen-bond donors (Lipinski definition) is 3. The highest BCUT2D eigenvalue weighted by atomic mass is 35.5. The number of pyridine rings is 1. The van der Waals surface area contributed by atoms with Gasteiger partial charge in [0.05, 0.1) is 6.04 Å². The Balaban J connectivity index is 0.00000400. The Bertz CT molecular complexity index is 380. The number of nitrogens with two attached hydrogens (primary N) is 1. The van der Waals surface area contributed by atoms with Gasteiger partial charge in [-0.05, 0) is 43.4 Å². The Kier molecular flexibility index (Phi) is 12.1. The number of nitrogens with zero attached hydrogens (tertiary/aromatic N) is 1. The standard InChI is InChI=1S/C14H24N4OS.ClH/c1-20-11-7-12(15)14(19)18-10-5-4-9-17-13-6-2-3-8-16-13;/h2-3,6,8,12H,4-5,7,9-11,15H2,1H3,(H,16,17)(H,18,19);1H/t12-;/m0./s1. The van der Waals surface area contributed by atoms with Gasteiger partial charge < -0.3 is 16.4 Å². The summed E-state index contributed by atoms with van der Waals surface area (Å²) in [4.78, 5) is 15.8. The Morgan fingerprint density at radius 2 is 2.14 bits per heavy atom. The zero-order valence-electron chi connectivity index (χ0n) is 12.4. The van der Waals surface area contributed by atoms with E-state index in [2.05, 4.69) is 15.6 Å². The van der Waals surface area contributed by atoms with E-state index in [9.17, 15) is 4.79 Å². The molecule has 1 aromatic rings. The summed E-state index contributed by atoms with van der Waals surface area (Å²) in [5.74, 6) is 1.76. The fraction of sp³-hybridized carbons (Fsp3) is 0.571. The summed E-state index contributed by atoms with van der Waals surface area (Å²) in [7, 11) is 0. The average Bonchev–Trinajstić information content (AvgIpc) is 2.49. The molecule has 0 bridgehead atoms. The van der Waals surface area contributed by atoms with Gasteiger partial charge in [-0.1, -0.05) is 6.07 Å². The molecule has 0 aliphatic rings. The van der Waals surface area contributed by atoms with E-state index in [1.807, 2.05) is 24.5 Å². The fourth-order valence-electron chi connectivity index (χ4n) is 1.65. The zero-order valence-corrected chi connectivity index (χ0v) is 14.0. The summed E-state index contributed by atoms with van der Waals surface area (Å²) in [5.41, 5.74) is 5.77. The predicted octanol–water partition coefficient (Wildman–Crippen LogP) is 1.89. The highest BCUT2D eigenvalue weighted by Crippen LogP contribution is 2.01. The third-order valence-corrected chi connectivity index (χ3v) is 3.49. The molecule has 0 spiro atoms. The lowest BCUT2D eigenvalue weighted by molar-refractivity contribution is -0.122. The molecule has 21 heavy (non-hydrogen) atoms. The molecule has 0 saturated heterocycles. The minimum absolute atomic E-state index is 0. The number of unbranched alkanes of at least 4 members (excludes halogenated alkanes) is 1. The topological polar surface area (TPSA) is 80.0 Å². The number of thioether (sulfide) groups is 1. The Morgan fingerprint density at radius 1 is 1.38 bits per heavy atom. The number of carbonyl (C=O) groups excluding carboxylic acids is 1. The van der Waals surface area contributed by atoms with Crippen LogP contribution in [0, 0.1) is 0 Å². The fourth-order valence-corrected chi connectivity index (χ4v) is 2.14. The van der Waals surface area contributed by atoms with Gasteiger partial charge in [0.15, 0.2) is 0 Å². The first-order valence-electron chi connectivity index (χ1n) is 6.91. The van der Waals surface area contributed by atoms with Crippen LogP contribution in [0.4, 0.5) is 5.82 Å². The molecule has 0 fully saturated rings. The molecule has 120 valence electrons. The largest absolute Gasteiger partial charge is 0.370 e. The number of hydrogen-bond acceptors (Lipinski definition) is 5. The van der Waals surface area contributed by atoms with Crippen molar-refractivity contribution >= 4 is 35.9 Å². The Labute approximate surface area is 137 Å². The summed E-state index contributed by atoms with van der Waals surface area (Å²) in [6, 6.07) is 5.40. The minimum atomic E-state index is -0.380. The van der Waals surface area contributed by atoms with E-state index in [1.165, 1.54) is 0 Å². The lowest BCUT2D eigenvalue weighted by Gasteiger charge is -2.11. The van der Waals surface area contributed by atoms with Gasteiger partial charge in [-0.3, -0.25) is 4.79 Å². The number of nitrogens with one attached hydrogen (secondary N) is 2. The Hall–Kier alpha value is -0.980. The highest BCUT2D eigenvalue weighted by molar-refractivity contribution is 7.98. The maximum Gasteiger partial charge on any atom is 0.236 e. The number of rotatable bonds is 10. The van der Waals surface area contributed by atoms with E-state index in [0.29, 0.717) is 6.54 Å². The maximum atomic E-state index is 11.6. The number of anilines is 1. The molecular formula is C14H25ClN4OS. The van der Waals surface area contributed by atoms with Crippen LogP contribution in [0.25, 0.3) is 0 Å². The van der Waals surface area contributed by atoms with Gasteiger partial charge in [0.1, 0.15) is 5.82 Å². The molecule has 1 rings (SSSR count).